The molecule has 4 rings (SSSR count). The molecule has 2 aromatic rings. The molecule has 2 amide bonds. The van der Waals surface area contributed by atoms with Gasteiger partial charge in [-0.15, -0.1) is 0 Å². The Morgan fingerprint density at radius 1 is 1.00 bits per heavy atom. The molecule has 0 bridgehead atoms. The maximum Gasteiger partial charge on any atom is 0.292 e. The van der Waals surface area contributed by atoms with Crippen LogP contribution < -0.4 is 19.4 Å². The number of hydrogen-bond acceptors (Lipinski definition) is 3. The number of anilines is 1. The number of piperazine rings is 1. The van der Waals surface area contributed by atoms with E-state index >= 15 is 0 Å². The molecular weight excluding hydrogens is 354 g/mol. The average molecular weight is 381 g/mol. The highest BCUT2D eigenvalue weighted by Crippen LogP contribution is 2.25. The van der Waals surface area contributed by atoms with Crippen LogP contribution in [0, 0.1) is 0 Å². The number of hydrogen-bond donors (Lipinski definition) is 2. The third-order valence-corrected chi connectivity index (χ3v) is 5.85. The lowest BCUT2D eigenvalue weighted by molar-refractivity contribution is -1.02. The Kier molecular flexibility index (Phi) is 5.41. The first kappa shape index (κ1) is 18.7. The summed E-state index contributed by atoms with van der Waals surface area (Å²) in [6.07, 6.45) is 0.291. The summed E-state index contributed by atoms with van der Waals surface area (Å²) in [5, 5.41) is 0. The maximum absolute atomic E-state index is 13.0. The van der Waals surface area contributed by atoms with Crippen LogP contribution >= 0.6 is 0 Å². The van der Waals surface area contributed by atoms with Gasteiger partial charge in [-0.3, -0.25) is 9.59 Å². The molecule has 2 aromatic carbocycles. The number of benzene rings is 2. The number of carbonyl (C=O) groups excluding carboxylic acids is 2. The van der Waals surface area contributed by atoms with Crippen molar-refractivity contribution in [1.82, 2.24) is 0 Å². The fraction of sp³-hybridized carbons (Fsp3) is 0.364. The SMILES string of the molecule is COc1cccc(N2C(=O)C[C@H]([NH+]3CC[NH+](Cc4ccccc4)CC3)C2=O)c1. The van der Waals surface area contributed by atoms with Crippen LogP contribution in [0.4, 0.5) is 5.69 Å². The van der Waals surface area contributed by atoms with Gasteiger partial charge in [0, 0.05) is 11.6 Å². The Morgan fingerprint density at radius 2 is 1.75 bits per heavy atom. The lowest BCUT2D eigenvalue weighted by Gasteiger charge is -2.32. The summed E-state index contributed by atoms with van der Waals surface area (Å²) in [4.78, 5) is 29.7. The Morgan fingerprint density at radius 3 is 2.46 bits per heavy atom. The second-order valence-electron chi connectivity index (χ2n) is 7.60. The minimum absolute atomic E-state index is 0.0836. The van der Waals surface area contributed by atoms with Gasteiger partial charge in [-0.25, -0.2) is 4.90 Å². The van der Waals surface area contributed by atoms with Gasteiger partial charge >= 0.3 is 0 Å². The zero-order chi connectivity index (χ0) is 19.5. The topological polar surface area (TPSA) is 55.5 Å². The molecule has 2 fully saturated rings. The van der Waals surface area contributed by atoms with Crippen molar-refractivity contribution in [3.8, 4) is 5.75 Å². The van der Waals surface area contributed by atoms with Gasteiger partial charge in [0.25, 0.3) is 5.91 Å². The van der Waals surface area contributed by atoms with Gasteiger partial charge in [0.1, 0.15) is 38.5 Å². The molecule has 146 valence electrons. The lowest BCUT2D eigenvalue weighted by Crippen LogP contribution is -3.29. The second-order valence-corrected chi connectivity index (χ2v) is 7.60. The van der Waals surface area contributed by atoms with Crippen LogP contribution in [0.2, 0.25) is 0 Å². The van der Waals surface area contributed by atoms with Gasteiger partial charge in [0.05, 0.1) is 19.2 Å². The van der Waals surface area contributed by atoms with E-state index in [1.165, 1.54) is 20.3 Å². The van der Waals surface area contributed by atoms with Gasteiger partial charge in [-0.2, -0.15) is 0 Å². The molecule has 0 unspecified atom stereocenters. The molecular formula is C22H27N3O3+2. The monoisotopic (exact) mass is 381 g/mol. The van der Waals surface area contributed by atoms with Crippen molar-refractivity contribution in [1.29, 1.82) is 0 Å². The Balaban J connectivity index is 1.39. The second kappa shape index (κ2) is 8.12. The normalized spacial score (nSPS) is 25.2. The number of nitrogens with one attached hydrogen (secondary N) is 2. The zero-order valence-corrected chi connectivity index (χ0v) is 16.2. The van der Waals surface area contributed by atoms with Crippen LogP contribution in [0.15, 0.2) is 54.6 Å². The molecule has 0 spiro atoms. The molecule has 2 N–H and O–H groups in total. The van der Waals surface area contributed by atoms with Gasteiger partial charge in [-0.05, 0) is 12.1 Å². The molecule has 6 heteroatoms. The molecule has 0 saturated carbocycles. The van der Waals surface area contributed by atoms with Crippen LogP contribution in [0.25, 0.3) is 0 Å². The molecule has 2 saturated heterocycles. The Bertz CT molecular complexity index is 847. The summed E-state index contributed by atoms with van der Waals surface area (Å²) < 4.78 is 5.23. The fourth-order valence-electron chi connectivity index (χ4n) is 4.31. The van der Waals surface area contributed by atoms with E-state index in [2.05, 4.69) is 24.3 Å². The number of quaternary nitrogens is 2. The predicted octanol–water partition coefficient (Wildman–Crippen LogP) is -0.689. The maximum atomic E-state index is 13.0. The minimum atomic E-state index is -0.267. The number of nitrogens with zero attached hydrogens (tertiary/aromatic N) is 1. The Labute approximate surface area is 165 Å². The summed E-state index contributed by atoms with van der Waals surface area (Å²) in [5.74, 6) is 0.446. The molecule has 28 heavy (non-hydrogen) atoms. The van der Waals surface area contributed by atoms with Crippen LogP contribution in [0.1, 0.15) is 12.0 Å². The van der Waals surface area contributed by atoms with E-state index < -0.39 is 0 Å². The van der Waals surface area contributed by atoms with Crippen molar-refractivity contribution < 1.29 is 24.1 Å². The third-order valence-electron chi connectivity index (χ3n) is 5.85. The summed E-state index contributed by atoms with van der Waals surface area (Å²) in [6.45, 7) is 4.87. The van der Waals surface area contributed by atoms with E-state index in [0.717, 1.165) is 32.7 Å². The van der Waals surface area contributed by atoms with E-state index in [1.54, 1.807) is 25.3 Å². The highest BCUT2D eigenvalue weighted by Gasteiger charge is 2.47. The van der Waals surface area contributed by atoms with Crippen LogP contribution in [0.3, 0.4) is 0 Å². The number of ether oxygens (including phenoxy) is 1. The number of imide groups is 1. The first-order valence-corrected chi connectivity index (χ1v) is 9.88. The molecule has 2 heterocycles. The first-order valence-electron chi connectivity index (χ1n) is 9.88. The Hall–Kier alpha value is -2.70. The van der Waals surface area contributed by atoms with Crippen molar-refractivity contribution in [3.63, 3.8) is 0 Å². The fourth-order valence-corrected chi connectivity index (χ4v) is 4.31. The largest absolute Gasteiger partial charge is 0.497 e. The van der Waals surface area contributed by atoms with Crippen molar-refractivity contribution >= 4 is 17.5 Å². The molecule has 0 aromatic heterocycles. The molecule has 1 atom stereocenters. The smallest absolute Gasteiger partial charge is 0.292 e. The van der Waals surface area contributed by atoms with Crippen molar-refractivity contribution in [3.05, 3.63) is 60.2 Å². The van der Waals surface area contributed by atoms with E-state index in [9.17, 15) is 9.59 Å². The molecule has 2 aliphatic rings. The molecule has 2 aliphatic heterocycles. The van der Waals surface area contributed by atoms with Crippen LogP contribution in [-0.4, -0.2) is 51.1 Å². The summed E-state index contributed by atoms with van der Waals surface area (Å²) in [6, 6.07) is 17.4. The summed E-state index contributed by atoms with van der Waals surface area (Å²) >= 11 is 0. The quantitative estimate of drug-likeness (QED) is 0.675. The molecule has 0 aliphatic carbocycles. The van der Waals surface area contributed by atoms with Crippen LogP contribution in [0.5, 0.6) is 5.75 Å². The average Bonchev–Trinajstić information content (AvgIpc) is 3.03. The van der Waals surface area contributed by atoms with E-state index in [0.29, 0.717) is 17.9 Å². The molecule has 6 nitrogen and oxygen atoms in total. The molecule has 0 radical (unpaired) electrons. The van der Waals surface area contributed by atoms with Gasteiger partial charge in [0.15, 0.2) is 6.04 Å². The van der Waals surface area contributed by atoms with Gasteiger partial charge in [-0.1, -0.05) is 36.4 Å². The van der Waals surface area contributed by atoms with Crippen LogP contribution in [-0.2, 0) is 16.1 Å². The standard InChI is InChI=1S/C22H25N3O3/c1-28-19-9-5-8-18(14-19)25-21(26)15-20(22(25)27)24-12-10-23(11-13-24)16-17-6-3-2-4-7-17/h2-9,14,20H,10-13,15-16H2,1H3/p+2/t20-/m0/s1. The van der Waals surface area contributed by atoms with Crippen molar-refractivity contribution in [2.45, 2.75) is 19.0 Å². The highest BCUT2D eigenvalue weighted by atomic mass is 16.5. The zero-order valence-electron chi connectivity index (χ0n) is 16.2. The predicted molar refractivity (Wildman–Crippen MR) is 105 cm³/mol. The van der Waals surface area contributed by atoms with E-state index in [4.69, 9.17) is 4.74 Å². The number of methoxy groups -OCH3 is 1. The van der Waals surface area contributed by atoms with E-state index in [-0.39, 0.29) is 17.9 Å². The number of amides is 2. The highest BCUT2D eigenvalue weighted by molar-refractivity contribution is 6.21. The third kappa shape index (κ3) is 3.79. The number of rotatable bonds is 5. The van der Waals surface area contributed by atoms with Crippen molar-refractivity contribution in [2.75, 3.05) is 38.2 Å². The summed E-state index contributed by atoms with van der Waals surface area (Å²) in [5.41, 5.74) is 1.95. The lowest BCUT2D eigenvalue weighted by atomic mass is 10.1. The minimum Gasteiger partial charge on any atom is -0.497 e. The number of carbonyl (C=O) groups is 2. The van der Waals surface area contributed by atoms with Crippen molar-refractivity contribution in [2.24, 2.45) is 0 Å². The van der Waals surface area contributed by atoms with Gasteiger partial charge in [0.2, 0.25) is 5.91 Å². The van der Waals surface area contributed by atoms with Gasteiger partial charge < -0.3 is 14.5 Å². The summed E-state index contributed by atoms with van der Waals surface area (Å²) in [7, 11) is 1.58. The van der Waals surface area contributed by atoms with E-state index in [1.807, 2.05) is 12.1 Å². The first-order chi connectivity index (χ1) is 13.7.